The Kier molecular flexibility index (Phi) is 7.62. The number of hydrogen-bond donors (Lipinski definition) is 3. The summed E-state index contributed by atoms with van der Waals surface area (Å²) >= 11 is 2.04. The van der Waals surface area contributed by atoms with Crippen molar-refractivity contribution < 1.29 is 4.79 Å². The molecule has 3 N–H and O–H groups in total. The highest BCUT2D eigenvalue weighted by atomic mass is 32.2. The monoisotopic (exact) mass is 362 g/mol. The third kappa shape index (κ3) is 6.61. The second-order valence-electron chi connectivity index (χ2n) is 6.68. The van der Waals surface area contributed by atoms with Crippen LogP contribution in [0.1, 0.15) is 45.1 Å². The fourth-order valence-electron chi connectivity index (χ4n) is 2.81. The second-order valence-corrected chi connectivity index (χ2v) is 8.36. The van der Waals surface area contributed by atoms with Gasteiger partial charge in [-0.15, -0.1) is 0 Å². The number of nitrogens with one attached hydrogen (secondary N) is 3. The number of nitrogens with zero attached hydrogens (tertiary/aromatic N) is 1. The van der Waals surface area contributed by atoms with Gasteiger partial charge in [0.1, 0.15) is 0 Å². The number of amides is 1. The van der Waals surface area contributed by atoms with Crippen molar-refractivity contribution >= 4 is 29.3 Å². The molecule has 1 saturated heterocycles. The van der Waals surface area contributed by atoms with Crippen molar-refractivity contribution in [3.05, 3.63) is 29.8 Å². The van der Waals surface area contributed by atoms with Gasteiger partial charge in [-0.1, -0.05) is 19.1 Å². The lowest BCUT2D eigenvalue weighted by atomic mass is 10.1. The van der Waals surface area contributed by atoms with Crippen molar-refractivity contribution in [3.63, 3.8) is 0 Å². The van der Waals surface area contributed by atoms with Crippen LogP contribution >= 0.6 is 11.8 Å². The van der Waals surface area contributed by atoms with Crippen molar-refractivity contribution in [2.75, 3.05) is 24.7 Å². The molecule has 1 aromatic carbocycles. The maximum absolute atomic E-state index is 11.6. The SMILES string of the molecule is CCCC(=O)Nc1ccc(CNC(=NC)NCC2(C)CCCS2)cc1. The number of anilines is 1. The summed E-state index contributed by atoms with van der Waals surface area (Å²) in [7, 11) is 1.80. The maximum atomic E-state index is 11.6. The molecule has 1 fully saturated rings. The fraction of sp³-hybridized carbons (Fsp3) is 0.579. The summed E-state index contributed by atoms with van der Waals surface area (Å²) in [5.41, 5.74) is 1.99. The Morgan fingerprint density at radius 3 is 2.64 bits per heavy atom. The quantitative estimate of drug-likeness (QED) is 0.514. The smallest absolute Gasteiger partial charge is 0.224 e. The Labute approximate surface area is 155 Å². The van der Waals surface area contributed by atoms with Crippen LogP contribution in [0.5, 0.6) is 0 Å². The molecule has 6 heteroatoms. The molecule has 1 aliphatic rings. The molecule has 2 rings (SSSR count). The van der Waals surface area contributed by atoms with E-state index in [1.165, 1.54) is 18.6 Å². The van der Waals surface area contributed by atoms with Crippen LogP contribution in [0.2, 0.25) is 0 Å². The van der Waals surface area contributed by atoms with Gasteiger partial charge in [0.15, 0.2) is 5.96 Å². The summed E-state index contributed by atoms with van der Waals surface area (Å²) in [5.74, 6) is 2.15. The molecular formula is C19H30N4OS. The Morgan fingerprint density at radius 1 is 1.28 bits per heavy atom. The standard InChI is InChI=1S/C19H30N4OS/c1-4-6-17(24)23-16-9-7-15(8-10-16)13-21-18(20-3)22-14-19(2)11-5-12-25-19/h7-10H,4-6,11-14H2,1-3H3,(H,23,24)(H2,20,21,22). The summed E-state index contributed by atoms with van der Waals surface area (Å²) in [5, 5.41) is 9.69. The van der Waals surface area contributed by atoms with Crippen LogP contribution in [0.3, 0.4) is 0 Å². The van der Waals surface area contributed by atoms with E-state index in [0.29, 0.717) is 17.7 Å². The lowest BCUT2D eigenvalue weighted by Gasteiger charge is -2.24. The first-order chi connectivity index (χ1) is 12.0. The molecule has 0 radical (unpaired) electrons. The number of hydrogen-bond acceptors (Lipinski definition) is 3. The van der Waals surface area contributed by atoms with E-state index in [4.69, 9.17) is 0 Å². The minimum atomic E-state index is 0.0660. The van der Waals surface area contributed by atoms with Crippen LogP contribution in [-0.4, -0.2) is 36.0 Å². The number of carbonyl (C=O) groups excluding carboxylic acids is 1. The van der Waals surface area contributed by atoms with Gasteiger partial charge >= 0.3 is 0 Å². The molecule has 25 heavy (non-hydrogen) atoms. The summed E-state index contributed by atoms with van der Waals surface area (Å²) in [6.45, 7) is 5.95. The van der Waals surface area contributed by atoms with Gasteiger partial charge in [0.2, 0.25) is 5.91 Å². The van der Waals surface area contributed by atoms with Crippen LogP contribution in [0.4, 0.5) is 5.69 Å². The van der Waals surface area contributed by atoms with Crippen molar-refractivity contribution in [2.45, 2.75) is 50.8 Å². The Bertz CT molecular complexity index is 580. The number of rotatable bonds is 7. The van der Waals surface area contributed by atoms with E-state index in [1.807, 2.05) is 43.0 Å². The third-order valence-corrected chi connectivity index (χ3v) is 5.87. The van der Waals surface area contributed by atoms with Gasteiger partial charge in [-0.25, -0.2) is 0 Å². The first-order valence-electron chi connectivity index (χ1n) is 9.02. The molecule has 1 aromatic rings. The number of carbonyl (C=O) groups is 1. The lowest BCUT2D eigenvalue weighted by molar-refractivity contribution is -0.116. The first-order valence-corrected chi connectivity index (χ1v) is 10.0. The molecule has 1 aliphatic heterocycles. The highest BCUT2D eigenvalue weighted by Gasteiger charge is 2.29. The van der Waals surface area contributed by atoms with Gasteiger partial charge in [-0.3, -0.25) is 9.79 Å². The molecule has 0 saturated carbocycles. The molecule has 1 unspecified atom stereocenters. The molecule has 0 bridgehead atoms. The van der Waals surface area contributed by atoms with Crippen LogP contribution in [0.15, 0.2) is 29.3 Å². The zero-order valence-electron chi connectivity index (χ0n) is 15.5. The highest BCUT2D eigenvalue weighted by molar-refractivity contribution is 8.00. The van der Waals surface area contributed by atoms with Crippen LogP contribution in [0.25, 0.3) is 0 Å². The van der Waals surface area contributed by atoms with Gasteiger partial charge in [0.25, 0.3) is 0 Å². The highest BCUT2D eigenvalue weighted by Crippen LogP contribution is 2.36. The Hall–Kier alpha value is -1.69. The van der Waals surface area contributed by atoms with Crippen molar-refractivity contribution in [1.29, 1.82) is 0 Å². The maximum Gasteiger partial charge on any atom is 0.224 e. The molecular weight excluding hydrogens is 332 g/mol. The van der Waals surface area contributed by atoms with Gasteiger partial charge in [-0.05, 0) is 49.6 Å². The summed E-state index contributed by atoms with van der Waals surface area (Å²) in [6.07, 6.45) is 3.98. The molecule has 0 aromatic heterocycles. The lowest BCUT2D eigenvalue weighted by Crippen LogP contribution is -2.43. The van der Waals surface area contributed by atoms with E-state index in [1.54, 1.807) is 7.05 Å². The van der Waals surface area contributed by atoms with Crippen molar-refractivity contribution in [1.82, 2.24) is 10.6 Å². The van der Waals surface area contributed by atoms with E-state index < -0.39 is 0 Å². The average Bonchev–Trinajstić information content (AvgIpc) is 3.03. The van der Waals surface area contributed by atoms with Crippen LogP contribution < -0.4 is 16.0 Å². The average molecular weight is 363 g/mol. The zero-order valence-corrected chi connectivity index (χ0v) is 16.3. The van der Waals surface area contributed by atoms with Gasteiger partial charge in [0, 0.05) is 37.0 Å². The van der Waals surface area contributed by atoms with E-state index >= 15 is 0 Å². The molecule has 1 amide bonds. The van der Waals surface area contributed by atoms with E-state index in [-0.39, 0.29) is 5.91 Å². The minimum Gasteiger partial charge on any atom is -0.355 e. The number of benzene rings is 1. The molecule has 5 nitrogen and oxygen atoms in total. The molecule has 138 valence electrons. The molecule has 1 heterocycles. The molecule has 0 spiro atoms. The van der Waals surface area contributed by atoms with E-state index in [0.717, 1.165) is 30.2 Å². The summed E-state index contributed by atoms with van der Waals surface area (Å²) in [4.78, 5) is 15.9. The van der Waals surface area contributed by atoms with Gasteiger partial charge in [-0.2, -0.15) is 11.8 Å². The first kappa shape index (κ1) is 19.6. The Balaban J connectivity index is 1.78. The topological polar surface area (TPSA) is 65.5 Å². The predicted molar refractivity (Wildman–Crippen MR) is 108 cm³/mol. The minimum absolute atomic E-state index is 0.0660. The predicted octanol–water partition coefficient (Wildman–Crippen LogP) is 3.38. The zero-order chi connectivity index (χ0) is 18.1. The largest absolute Gasteiger partial charge is 0.355 e. The van der Waals surface area contributed by atoms with Gasteiger partial charge in [0.05, 0.1) is 0 Å². The normalized spacial score (nSPS) is 20.4. The third-order valence-electron chi connectivity index (χ3n) is 4.33. The molecule has 1 atom stereocenters. The summed E-state index contributed by atoms with van der Waals surface area (Å²) in [6, 6.07) is 7.93. The number of guanidine groups is 1. The van der Waals surface area contributed by atoms with E-state index in [2.05, 4.69) is 27.9 Å². The van der Waals surface area contributed by atoms with Crippen LogP contribution in [-0.2, 0) is 11.3 Å². The van der Waals surface area contributed by atoms with Gasteiger partial charge < -0.3 is 16.0 Å². The fourth-order valence-corrected chi connectivity index (χ4v) is 4.05. The number of aliphatic imine (C=N–C) groups is 1. The Morgan fingerprint density at radius 2 is 2.04 bits per heavy atom. The number of thioether (sulfide) groups is 1. The van der Waals surface area contributed by atoms with Crippen LogP contribution in [0, 0.1) is 0 Å². The second kappa shape index (κ2) is 9.70. The van der Waals surface area contributed by atoms with Crippen molar-refractivity contribution in [3.8, 4) is 0 Å². The molecule has 0 aliphatic carbocycles. The van der Waals surface area contributed by atoms with E-state index in [9.17, 15) is 4.79 Å². The summed E-state index contributed by atoms with van der Waals surface area (Å²) < 4.78 is 0.315. The van der Waals surface area contributed by atoms with Crippen molar-refractivity contribution in [2.24, 2.45) is 4.99 Å².